The van der Waals surface area contributed by atoms with Crippen LogP contribution in [-0.4, -0.2) is 9.97 Å². The van der Waals surface area contributed by atoms with Crippen molar-refractivity contribution < 1.29 is 0 Å². The molecule has 1 atom stereocenters. The Labute approximate surface area is 122 Å². The molecule has 0 aliphatic rings. The van der Waals surface area contributed by atoms with Gasteiger partial charge in [0.1, 0.15) is 16.2 Å². The summed E-state index contributed by atoms with van der Waals surface area (Å²) in [4.78, 5) is 8.84. The summed E-state index contributed by atoms with van der Waals surface area (Å²) in [6.45, 7) is 4.22. The van der Waals surface area contributed by atoms with Gasteiger partial charge in [0.25, 0.3) is 0 Å². The molecule has 0 fully saturated rings. The van der Waals surface area contributed by atoms with Crippen LogP contribution < -0.4 is 5.32 Å². The van der Waals surface area contributed by atoms with E-state index in [0.717, 1.165) is 29.1 Å². The Morgan fingerprint density at radius 2 is 1.89 bits per heavy atom. The van der Waals surface area contributed by atoms with Crippen LogP contribution in [0.4, 0.5) is 5.82 Å². The van der Waals surface area contributed by atoms with Crippen LogP contribution in [0, 0.1) is 0 Å². The Bertz CT molecular complexity index is 528. The van der Waals surface area contributed by atoms with Crippen LogP contribution in [0.2, 0.25) is 0 Å². The minimum Gasteiger partial charge on any atom is -0.363 e. The monoisotopic (exact) mass is 319 g/mol. The maximum absolute atomic E-state index is 4.51. The second-order valence-corrected chi connectivity index (χ2v) is 5.17. The molecule has 1 aromatic carbocycles. The van der Waals surface area contributed by atoms with Gasteiger partial charge in [0.2, 0.25) is 0 Å². The highest BCUT2D eigenvalue weighted by Gasteiger charge is 2.10. The zero-order chi connectivity index (χ0) is 13.7. The second kappa shape index (κ2) is 6.66. The number of hydrogen-bond acceptors (Lipinski definition) is 3. The third-order valence-electron chi connectivity index (χ3n) is 2.99. The van der Waals surface area contributed by atoms with Crippen molar-refractivity contribution in [1.82, 2.24) is 9.97 Å². The van der Waals surface area contributed by atoms with E-state index in [-0.39, 0.29) is 6.04 Å². The van der Waals surface area contributed by atoms with Crippen molar-refractivity contribution in [2.24, 2.45) is 0 Å². The van der Waals surface area contributed by atoms with Crippen LogP contribution >= 0.6 is 15.9 Å². The van der Waals surface area contributed by atoms with E-state index in [0.29, 0.717) is 0 Å². The van der Waals surface area contributed by atoms with Gasteiger partial charge in [-0.15, -0.1) is 0 Å². The number of anilines is 1. The Morgan fingerprint density at radius 1 is 1.16 bits per heavy atom. The summed E-state index contributed by atoms with van der Waals surface area (Å²) in [5, 5.41) is 3.48. The smallest absolute Gasteiger partial charge is 0.131 e. The van der Waals surface area contributed by atoms with Gasteiger partial charge in [-0.3, -0.25) is 0 Å². The highest BCUT2D eigenvalue weighted by Crippen LogP contribution is 2.22. The molecule has 1 heterocycles. The molecule has 0 radical (unpaired) electrons. The molecule has 0 amide bonds. The van der Waals surface area contributed by atoms with Gasteiger partial charge in [0.15, 0.2) is 0 Å². The van der Waals surface area contributed by atoms with Gasteiger partial charge in [-0.25, -0.2) is 9.97 Å². The van der Waals surface area contributed by atoms with Crippen molar-refractivity contribution in [2.75, 3.05) is 5.32 Å². The Kier molecular flexibility index (Phi) is 4.91. The topological polar surface area (TPSA) is 37.8 Å². The zero-order valence-corrected chi connectivity index (χ0v) is 12.8. The summed E-state index contributed by atoms with van der Waals surface area (Å²) in [5.41, 5.74) is 1.28. The highest BCUT2D eigenvalue weighted by molar-refractivity contribution is 9.10. The first kappa shape index (κ1) is 14.0. The highest BCUT2D eigenvalue weighted by atomic mass is 79.9. The van der Waals surface area contributed by atoms with Crippen molar-refractivity contribution in [3.63, 3.8) is 0 Å². The number of halogens is 1. The Morgan fingerprint density at radius 3 is 2.53 bits per heavy atom. The maximum Gasteiger partial charge on any atom is 0.131 e. The van der Waals surface area contributed by atoms with Crippen molar-refractivity contribution in [3.8, 4) is 0 Å². The first-order valence-corrected chi connectivity index (χ1v) is 7.37. The van der Waals surface area contributed by atoms with Crippen LogP contribution in [0.5, 0.6) is 0 Å². The predicted octanol–water partition coefficient (Wildman–Crippen LogP) is 4.36. The lowest BCUT2D eigenvalue weighted by molar-refractivity contribution is 0.740. The minimum absolute atomic E-state index is 0.271. The SMILES string of the molecule is CCc1nc(Br)cc(NC(CC)c2ccccc2)n1. The lowest BCUT2D eigenvalue weighted by Crippen LogP contribution is -2.11. The zero-order valence-electron chi connectivity index (χ0n) is 11.2. The largest absolute Gasteiger partial charge is 0.363 e. The summed E-state index contributed by atoms with van der Waals surface area (Å²) >= 11 is 3.43. The molecule has 1 unspecified atom stereocenters. The molecule has 0 aliphatic carbocycles. The maximum atomic E-state index is 4.51. The molecule has 0 bridgehead atoms. The third kappa shape index (κ3) is 3.77. The number of rotatable bonds is 5. The molecule has 19 heavy (non-hydrogen) atoms. The molecular weight excluding hydrogens is 302 g/mol. The summed E-state index contributed by atoms with van der Waals surface area (Å²) in [5.74, 6) is 1.72. The van der Waals surface area contributed by atoms with Crippen LogP contribution in [0.15, 0.2) is 41.0 Å². The number of nitrogens with zero attached hydrogens (tertiary/aromatic N) is 2. The van der Waals surface area contributed by atoms with E-state index in [1.165, 1.54) is 5.56 Å². The Hall–Kier alpha value is -1.42. The first-order valence-electron chi connectivity index (χ1n) is 6.57. The Balaban J connectivity index is 2.21. The molecule has 2 rings (SSSR count). The number of nitrogens with one attached hydrogen (secondary N) is 1. The van der Waals surface area contributed by atoms with E-state index >= 15 is 0 Å². The number of aromatic nitrogens is 2. The lowest BCUT2D eigenvalue weighted by Gasteiger charge is -2.18. The standard InChI is InChI=1S/C15H18BrN3/c1-3-12(11-8-6-5-7-9-11)17-15-10-13(16)18-14(4-2)19-15/h5-10,12H,3-4H2,1-2H3,(H,17,18,19). The van der Waals surface area contributed by atoms with Gasteiger partial charge < -0.3 is 5.32 Å². The summed E-state index contributed by atoms with van der Waals surface area (Å²) in [6, 6.07) is 12.6. The van der Waals surface area contributed by atoms with Crippen molar-refractivity contribution in [1.29, 1.82) is 0 Å². The van der Waals surface area contributed by atoms with Crippen LogP contribution in [0.25, 0.3) is 0 Å². The van der Waals surface area contributed by atoms with Crippen LogP contribution in [0.1, 0.15) is 37.7 Å². The van der Waals surface area contributed by atoms with Gasteiger partial charge in [-0.05, 0) is 27.9 Å². The molecular formula is C15H18BrN3. The molecule has 1 aromatic heterocycles. The van der Waals surface area contributed by atoms with Crippen molar-refractivity contribution in [2.45, 2.75) is 32.7 Å². The number of hydrogen-bond donors (Lipinski definition) is 1. The van der Waals surface area contributed by atoms with Crippen molar-refractivity contribution in [3.05, 3.63) is 52.4 Å². The van der Waals surface area contributed by atoms with E-state index in [1.54, 1.807) is 0 Å². The fourth-order valence-electron chi connectivity index (χ4n) is 1.98. The molecule has 3 nitrogen and oxygen atoms in total. The minimum atomic E-state index is 0.271. The van der Waals surface area contributed by atoms with E-state index < -0.39 is 0 Å². The molecule has 0 saturated carbocycles. The fourth-order valence-corrected chi connectivity index (χ4v) is 2.40. The molecule has 0 saturated heterocycles. The van der Waals surface area contributed by atoms with Crippen molar-refractivity contribution >= 4 is 21.7 Å². The van der Waals surface area contributed by atoms with Crippen LogP contribution in [-0.2, 0) is 6.42 Å². The fraction of sp³-hybridized carbons (Fsp3) is 0.333. The average Bonchev–Trinajstić information content (AvgIpc) is 2.45. The molecule has 100 valence electrons. The molecule has 1 N–H and O–H groups in total. The summed E-state index contributed by atoms with van der Waals surface area (Å²) < 4.78 is 0.824. The summed E-state index contributed by atoms with van der Waals surface area (Å²) in [7, 11) is 0. The molecule has 0 aliphatic heterocycles. The molecule has 0 spiro atoms. The second-order valence-electron chi connectivity index (χ2n) is 4.36. The normalized spacial score (nSPS) is 12.2. The molecule has 2 aromatic rings. The van der Waals surface area contributed by atoms with Gasteiger partial charge in [-0.1, -0.05) is 44.2 Å². The van der Waals surface area contributed by atoms with Gasteiger partial charge in [-0.2, -0.15) is 0 Å². The predicted molar refractivity (Wildman–Crippen MR) is 82.2 cm³/mol. The van der Waals surface area contributed by atoms with Crippen LogP contribution in [0.3, 0.4) is 0 Å². The number of benzene rings is 1. The molecule has 4 heteroatoms. The van der Waals surface area contributed by atoms with E-state index in [9.17, 15) is 0 Å². The third-order valence-corrected chi connectivity index (χ3v) is 3.40. The lowest BCUT2D eigenvalue weighted by atomic mass is 10.0. The summed E-state index contributed by atoms with van der Waals surface area (Å²) in [6.07, 6.45) is 1.84. The average molecular weight is 320 g/mol. The van der Waals surface area contributed by atoms with Gasteiger partial charge in [0, 0.05) is 12.5 Å². The quantitative estimate of drug-likeness (QED) is 0.832. The van der Waals surface area contributed by atoms with E-state index in [4.69, 9.17) is 0 Å². The first-order chi connectivity index (χ1) is 9.22. The van der Waals surface area contributed by atoms with Gasteiger partial charge >= 0.3 is 0 Å². The number of aryl methyl sites for hydroxylation is 1. The van der Waals surface area contributed by atoms with Gasteiger partial charge in [0.05, 0.1) is 6.04 Å². The van der Waals surface area contributed by atoms with E-state index in [1.807, 2.05) is 12.1 Å². The van der Waals surface area contributed by atoms with E-state index in [2.05, 4.69) is 69.3 Å².